The molecule has 0 saturated carbocycles. The molecule has 0 bridgehead atoms. The van der Waals surface area contributed by atoms with Crippen molar-refractivity contribution in [2.75, 3.05) is 25.5 Å². The molecular weight excluding hydrogens is 295 g/mol. The SMILES string of the molecule is CCCN(CC(F)(F)F)C(=O)c1cnc(NC)c(Cl)c1. The number of anilines is 1. The highest BCUT2D eigenvalue weighted by atomic mass is 35.5. The molecule has 1 heterocycles. The number of nitrogens with one attached hydrogen (secondary N) is 1. The van der Waals surface area contributed by atoms with Crippen LogP contribution in [-0.2, 0) is 0 Å². The maximum atomic E-state index is 12.5. The van der Waals surface area contributed by atoms with Crippen LogP contribution < -0.4 is 5.32 Å². The van der Waals surface area contributed by atoms with E-state index in [2.05, 4.69) is 10.3 Å². The maximum absolute atomic E-state index is 12.5. The first-order valence-electron chi connectivity index (χ1n) is 5.97. The standard InChI is InChI=1S/C12H15ClF3N3O/c1-3-4-19(7-12(14,15)16)11(20)8-5-9(13)10(17-2)18-6-8/h5-6H,3-4,7H2,1-2H3,(H,17,18). The number of nitrogens with zero attached hydrogens (tertiary/aromatic N) is 2. The summed E-state index contributed by atoms with van der Waals surface area (Å²) in [6.07, 6.45) is -2.80. The maximum Gasteiger partial charge on any atom is 0.406 e. The van der Waals surface area contributed by atoms with Crippen molar-refractivity contribution in [2.45, 2.75) is 19.5 Å². The number of amides is 1. The van der Waals surface area contributed by atoms with Gasteiger partial charge < -0.3 is 10.2 Å². The summed E-state index contributed by atoms with van der Waals surface area (Å²) < 4.78 is 37.4. The second-order valence-corrected chi connectivity index (χ2v) is 4.55. The largest absolute Gasteiger partial charge is 0.406 e. The van der Waals surface area contributed by atoms with Crippen LogP contribution in [0.2, 0.25) is 5.02 Å². The van der Waals surface area contributed by atoms with Crippen molar-refractivity contribution >= 4 is 23.3 Å². The Hall–Kier alpha value is -1.50. The van der Waals surface area contributed by atoms with Gasteiger partial charge in [0, 0.05) is 19.8 Å². The molecule has 1 aromatic heterocycles. The Balaban J connectivity index is 2.97. The van der Waals surface area contributed by atoms with Crippen molar-refractivity contribution in [3.05, 3.63) is 22.8 Å². The lowest BCUT2D eigenvalue weighted by Crippen LogP contribution is -2.39. The van der Waals surface area contributed by atoms with Gasteiger partial charge in [-0.3, -0.25) is 4.79 Å². The van der Waals surface area contributed by atoms with E-state index in [9.17, 15) is 18.0 Å². The molecule has 0 fully saturated rings. The van der Waals surface area contributed by atoms with Gasteiger partial charge in [-0.05, 0) is 12.5 Å². The number of carbonyl (C=O) groups is 1. The van der Waals surface area contributed by atoms with E-state index in [0.29, 0.717) is 12.2 Å². The molecule has 0 spiro atoms. The van der Waals surface area contributed by atoms with Gasteiger partial charge in [0.1, 0.15) is 12.4 Å². The third-order valence-electron chi connectivity index (χ3n) is 2.48. The fourth-order valence-corrected chi connectivity index (χ4v) is 1.92. The van der Waals surface area contributed by atoms with Gasteiger partial charge in [0.15, 0.2) is 0 Å². The molecule has 0 aliphatic heterocycles. The van der Waals surface area contributed by atoms with Crippen LogP contribution >= 0.6 is 11.6 Å². The van der Waals surface area contributed by atoms with E-state index in [1.807, 2.05) is 0 Å². The highest BCUT2D eigenvalue weighted by Crippen LogP contribution is 2.22. The van der Waals surface area contributed by atoms with Gasteiger partial charge in [-0.1, -0.05) is 18.5 Å². The second-order valence-electron chi connectivity index (χ2n) is 4.15. The number of alkyl halides is 3. The van der Waals surface area contributed by atoms with E-state index in [4.69, 9.17) is 11.6 Å². The molecule has 0 radical (unpaired) electrons. The fourth-order valence-electron chi connectivity index (χ4n) is 1.66. The van der Waals surface area contributed by atoms with Crippen molar-refractivity contribution < 1.29 is 18.0 Å². The molecule has 0 atom stereocenters. The Labute approximate surface area is 119 Å². The molecular formula is C12H15ClF3N3O. The van der Waals surface area contributed by atoms with E-state index < -0.39 is 18.6 Å². The summed E-state index contributed by atoms with van der Waals surface area (Å²) in [7, 11) is 1.60. The predicted octanol–water partition coefficient (Wildman–Crippen LogP) is 3.19. The van der Waals surface area contributed by atoms with Gasteiger partial charge in [0.2, 0.25) is 0 Å². The molecule has 1 aromatic rings. The second kappa shape index (κ2) is 6.78. The minimum atomic E-state index is -4.44. The number of carbonyl (C=O) groups excluding carboxylic acids is 1. The van der Waals surface area contributed by atoms with Crippen molar-refractivity contribution in [3.63, 3.8) is 0 Å². The zero-order chi connectivity index (χ0) is 15.3. The Bertz CT molecular complexity index is 480. The van der Waals surface area contributed by atoms with Crippen LogP contribution in [0.1, 0.15) is 23.7 Å². The summed E-state index contributed by atoms with van der Waals surface area (Å²) in [6.45, 7) is 0.431. The van der Waals surface area contributed by atoms with Crippen molar-refractivity contribution in [3.8, 4) is 0 Å². The highest BCUT2D eigenvalue weighted by Gasteiger charge is 2.33. The molecule has 112 valence electrons. The van der Waals surface area contributed by atoms with Crippen LogP contribution in [0.4, 0.5) is 19.0 Å². The third kappa shape index (κ3) is 4.56. The molecule has 4 nitrogen and oxygen atoms in total. The number of hydrogen-bond acceptors (Lipinski definition) is 3. The van der Waals surface area contributed by atoms with Gasteiger partial charge in [-0.25, -0.2) is 4.98 Å². The Kier molecular flexibility index (Phi) is 5.62. The minimum Gasteiger partial charge on any atom is -0.372 e. The summed E-state index contributed by atoms with van der Waals surface area (Å²) in [6, 6.07) is 1.31. The zero-order valence-corrected chi connectivity index (χ0v) is 11.8. The van der Waals surface area contributed by atoms with E-state index in [-0.39, 0.29) is 17.1 Å². The monoisotopic (exact) mass is 309 g/mol. The Morgan fingerprint density at radius 2 is 2.15 bits per heavy atom. The van der Waals surface area contributed by atoms with Crippen molar-refractivity contribution in [1.29, 1.82) is 0 Å². The average molecular weight is 310 g/mol. The number of hydrogen-bond donors (Lipinski definition) is 1. The summed E-state index contributed by atoms with van der Waals surface area (Å²) in [5.41, 5.74) is 0.0340. The number of rotatable bonds is 5. The molecule has 20 heavy (non-hydrogen) atoms. The zero-order valence-electron chi connectivity index (χ0n) is 11.1. The first-order chi connectivity index (χ1) is 9.28. The van der Waals surface area contributed by atoms with Crippen LogP contribution in [-0.4, -0.2) is 42.1 Å². The van der Waals surface area contributed by atoms with E-state index in [0.717, 1.165) is 4.90 Å². The quantitative estimate of drug-likeness (QED) is 0.908. The Morgan fingerprint density at radius 1 is 1.50 bits per heavy atom. The van der Waals surface area contributed by atoms with E-state index in [1.54, 1.807) is 14.0 Å². The first kappa shape index (κ1) is 16.6. The van der Waals surface area contributed by atoms with Crippen LogP contribution in [0.25, 0.3) is 0 Å². The third-order valence-corrected chi connectivity index (χ3v) is 2.76. The van der Waals surface area contributed by atoms with E-state index in [1.165, 1.54) is 12.3 Å². The van der Waals surface area contributed by atoms with Crippen LogP contribution in [0.15, 0.2) is 12.3 Å². The summed E-state index contributed by atoms with van der Waals surface area (Å²) in [4.78, 5) is 16.7. The van der Waals surface area contributed by atoms with Gasteiger partial charge in [-0.15, -0.1) is 0 Å². The first-order valence-corrected chi connectivity index (χ1v) is 6.35. The molecule has 0 unspecified atom stereocenters. The molecule has 1 N–H and O–H groups in total. The predicted molar refractivity (Wildman–Crippen MR) is 71.0 cm³/mol. The molecule has 0 aromatic carbocycles. The lowest BCUT2D eigenvalue weighted by molar-refractivity contribution is -0.140. The Morgan fingerprint density at radius 3 is 2.60 bits per heavy atom. The van der Waals surface area contributed by atoms with Crippen molar-refractivity contribution in [2.24, 2.45) is 0 Å². The summed E-state index contributed by atoms with van der Waals surface area (Å²) in [5, 5.41) is 2.89. The topological polar surface area (TPSA) is 45.2 Å². The van der Waals surface area contributed by atoms with Gasteiger partial charge in [-0.2, -0.15) is 13.2 Å². The van der Waals surface area contributed by atoms with Gasteiger partial charge in [0.05, 0.1) is 10.6 Å². The number of aromatic nitrogens is 1. The van der Waals surface area contributed by atoms with Gasteiger partial charge in [0.25, 0.3) is 5.91 Å². The fraction of sp³-hybridized carbons (Fsp3) is 0.500. The normalized spacial score (nSPS) is 11.3. The van der Waals surface area contributed by atoms with Crippen LogP contribution in [0.3, 0.4) is 0 Å². The van der Waals surface area contributed by atoms with Crippen molar-refractivity contribution in [1.82, 2.24) is 9.88 Å². The molecule has 1 amide bonds. The molecule has 1 rings (SSSR count). The smallest absolute Gasteiger partial charge is 0.372 e. The number of pyridine rings is 1. The summed E-state index contributed by atoms with van der Waals surface area (Å²) in [5.74, 6) is -0.373. The molecule has 0 aliphatic carbocycles. The minimum absolute atomic E-state index is 0.0176. The number of halogens is 4. The molecule has 8 heteroatoms. The van der Waals surface area contributed by atoms with Crippen LogP contribution in [0, 0.1) is 0 Å². The lowest BCUT2D eigenvalue weighted by Gasteiger charge is -2.23. The van der Waals surface area contributed by atoms with Crippen LogP contribution in [0.5, 0.6) is 0 Å². The van der Waals surface area contributed by atoms with Gasteiger partial charge >= 0.3 is 6.18 Å². The molecule has 0 saturated heterocycles. The lowest BCUT2D eigenvalue weighted by atomic mass is 10.2. The highest BCUT2D eigenvalue weighted by molar-refractivity contribution is 6.33. The molecule has 0 aliphatic rings. The van der Waals surface area contributed by atoms with E-state index >= 15 is 0 Å². The average Bonchev–Trinajstić information content (AvgIpc) is 2.35. The summed E-state index contributed by atoms with van der Waals surface area (Å²) >= 11 is 5.87.